The van der Waals surface area contributed by atoms with Gasteiger partial charge >= 0.3 is 0 Å². The van der Waals surface area contributed by atoms with Crippen LogP contribution >= 0.6 is 15.9 Å². The minimum absolute atomic E-state index is 0.266. The summed E-state index contributed by atoms with van der Waals surface area (Å²) in [6.07, 6.45) is 3.22. The summed E-state index contributed by atoms with van der Waals surface area (Å²) < 4.78 is 6.56. The van der Waals surface area contributed by atoms with E-state index >= 15 is 0 Å². The zero-order valence-corrected chi connectivity index (χ0v) is 13.9. The fourth-order valence-electron chi connectivity index (χ4n) is 3.02. The van der Waals surface area contributed by atoms with Gasteiger partial charge in [-0.15, -0.1) is 0 Å². The molecule has 0 radical (unpaired) electrons. The molecule has 1 aliphatic rings. The van der Waals surface area contributed by atoms with Crippen LogP contribution in [0, 0.1) is 5.92 Å². The molecular weight excluding hydrogens is 330 g/mol. The maximum atomic E-state index is 6.10. The van der Waals surface area contributed by atoms with E-state index in [2.05, 4.69) is 38.8 Å². The number of rotatable bonds is 2. The number of nitrogen functional groups attached to an aromatic ring is 1. The Morgan fingerprint density at radius 3 is 3.00 bits per heavy atom. The van der Waals surface area contributed by atoms with Crippen LogP contribution in [-0.4, -0.2) is 31.3 Å². The second-order valence-corrected chi connectivity index (χ2v) is 6.63. The van der Waals surface area contributed by atoms with E-state index in [4.69, 9.17) is 10.5 Å². The van der Waals surface area contributed by atoms with Gasteiger partial charge in [0.05, 0.1) is 17.3 Å². The normalized spacial score (nSPS) is 22.7. The molecule has 2 aromatic rings. The predicted molar refractivity (Wildman–Crippen MR) is 90.6 cm³/mol. The van der Waals surface area contributed by atoms with Crippen LogP contribution in [0.25, 0.3) is 10.9 Å². The zero-order valence-electron chi connectivity index (χ0n) is 12.3. The second kappa shape index (κ2) is 5.81. The molecule has 1 fully saturated rings. The Morgan fingerprint density at radius 1 is 1.43 bits per heavy atom. The molecule has 112 valence electrons. The minimum Gasteiger partial charge on any atom is -0.398 e. The van der Waals surface area contributed by atoms with Crippen molar-refractivity contribution in [3.8, 4) is 0 Å². The van der Waals surface area contributed by atoms with Gasteiger partial charge in [-0.2, -0.15) is 0 Å². The third kappa shape index (κ3) is 2.72. The van der Waals surface area contributed by atoms with Gasteiger partial charge in [0.1, 0.15) is 0 Å². The fourth-order valence-corrected chi connectivity index (χ4v) is 3.35. The van der Waals surface area contributed by atoms with Gasteiger partial charge in [-0.3, -0.25) is 4.98 Å². The number of hydrogen-bond acceptors (Lipinski definition) is 4. The number of fused-ring (bicyclic) bond motifs is 1. The number of benzene rings is 1. The smallest absolute Gasteiger partial charge is 0.0956 e. The van der Waals surface area contributed by atoms with Gasteiger partial charge in [-0.1, -0.05) is 6.92 Å². The van der Waals surface area contributed by atoms with E-state index < -0.39 is 0 Å². The lowest BCUT2D eigenvalue weighted by Gasteiger charge is -2.38. The average Bonchev–Trinajstić information content (AvgIpc) is 2.49. The van der Waals surface area contributed by atoms with Crippen molar-refractivity contribution in [3.05, 3.63) is 28.9 Å². The van der Waals surface area contributed by atoms with Crippen LogP contribution in [0.1, 0.15) is 13.3 Å². The minimum atomic E-state index is 0.266. The highest BCUT2D eigenvalue weighted by Crippen LogP contribution is 2.33. The molecule has 1 aliphatic heterocycles. The Kier molecular flexibility index (Phi) is 4.04. The van der Waals surface area contributed by atoms with E-state index in [1.807, 2.05) is 18.3 Å². The molecule has 2 atom stereocenters. The number of anilines is 2. The molecule has 2 unspecified atom stereocenters. The third-order valence-electron chi connectivity index (χ3n) is 4.36. The van der Waals surface area contributed by atoms with E-state index in [0.717, 1.165) is 46.3 Å². The summed E-state index contributed by atoms with van der Waals surface area (Å²) in [4.78, 5) is 6.94. The van der Waals surface area contributed by atoms with Crippen LogP contribution in [0.3, 0.4) is 0 Å². The van der Waals surface area contributed by atoms with Crippen molar-refractivity contribution in [1.82, 2.24) is 4.98 Å². The highest BCUT2D eigenvalue weighted by atomic mass is 79.9. The quantitative estimate of drug-likeness (QED) is 0.843. The summed E-state index contributed by atoms with van der Waals surface area (Å²) >= 11 is 3.46. The summed E-state index contributed by atoms with van der Waals surface area (Å²) in [6.45, 7) is 4.17. The van der Waals surface area contributed by atoms with Gasteiger partial charge in [0, 0.05) is 41.9 Å². The number of ether oxygens (including phenoxy) is 1. The molecule has 0 spiro atoms. The lowest BCUT2D eigenvalue weighted by molar-refractivity contribution is 0.0499. The van der Waals surface area contributed by atoms with Crippen LogP contribution < -0.4 is 10.6 Å². The molecule has 4 nitrogen and oxygen atoms in total. The topological polar surface area (TPSA) is 51.4 Å². The Bertz CT molecular complexity index is 661. The Morgan fingerprint density at radius 2 is 2.24 bits per heavy atom. The van der Waals surface area contributed by atoms with Crippen molar-refractivity contribution in [1.29, 1.82) is 0 Å². The first-order chi connectivity index (χ1) is 10.1. The van der Waals surface area contributed by atoms with Crippen LogP contribution in [0.15, 0.2) is 28.9 Å². The Balaban J connectivity index is 2.03. The summed E-state index contributed by atoms with van der Waals surface area (Å²) in [5.74, 6) is 0.591. The fraction of sp³-hybridized carbons (Fsp3) is 0.438. The third-order valence-corrected chi connectivity index (χ3v) is 4.80. The van der Waals surface area contributed by atoms with Gasteiger partial charge in [0.15, 0.2) is 0 Å². The highest BCUT2D eigenvalue weighted by molar-refractivity contribution is 9.10. The summed E-state index contributed by atoms with van der Waals surface area (Å²) in [6, 6.07) is 6.06. The van der Waals surface area contributed by atoms with E-state index in [1.165, 1.54) is 0 Å². The van der Waals surface area contributed by atoms with Crippen LogP contribution in [0.5, 0.6) is 0 Å². The van der Waals surface area contributed by atoms with Crippen molar-refractivity contribution >= 4 is 38.2 Å². The van der Waals surface area contributed by atoms with Crippen LogP contribution in [0.2, 0.25) is 0 Å². The lowest BCUT2D eigenvalue weighted by Crippen LogP contribution is -2.44. The average molecular weight is 350 g/mol. The van der Waals surface area contributed by atoms with Crippen LogP contribution in [-0.2, 0) is 4.74 Å². The van der Waals surface area contributed by atoms with E-state index in [0.29, 0.717) is 5.92 Å². The number of pyridine rings is 1. The predicted octanol–water partition coefficient (Wildman–Crippen LogP) is 3.44. The number of methoxy groups -OCH3 is 1. The summed E-state index contributed by atoms with van der Waals surface area (Å²) in [5.41, 5.74) is 8.96. The van der Waals surface area contributed by atoms with Crippen molar-refractivity contribution < 1.29 is 4.74 Å². The van der Waals surface area contributed by atoms with Gasteiger partial charge in [0.25, 0.3) is 0 Å². The van der Waals surface area contributed by atoms with E-state index in [-0.39, 0.29) is 6.10 Å². The monoisotopic (exact) mass is 349 g/mol. The molecule has 1 aromatic heterocycles. The van der Waals surface area contributed by atoms with Crippen molar-refractivity contribution in [2.75, 3.05) is 30.8 Å². The SMILES string of the molecule is COC1CN(c2ccc(N)c3cc(Br)cnc23)CCC1C. The highest BCUT2D eigenvalue weighted by Gasteiger charge is 2.27. The number of nitrogens with two attached hydrogens (primary N) is 1. The van der Waals surface area contributed by atoms with Gasteiger partial charge in [-0.25, -0.2) is 0 Å². The second-order valence-electron chi connectivity index (χ2n) is 5.71. The molecule has 2 N–H and O–H groups in total. The van der Waals surface area contributed by atoms with E-state index in [1.54, 1.807) is 7.11 Å². The molecule has 0 amide bonds. The Labute approximate surface area is 133 Å². The number of halogens is 1. The number of aromatic nitrogens is 1. The van der Waals surface area contributed by atoms with Gasteiger partial charge in [-0.05, 0) is 46.5 Å². The summed E-state index contributed by atoms with van der Waals surface area (Å²) in [5, 5.41) is 0.995. The van der Waals surface area contributed by atoms with E-state index in [9.17, 15) is 0 Å². The first-order valence-electron chi connectivity index (χ1n) is 7.21. The van der Waals surface area contributed by atoms with Crippen LogP contribution in [0.4, 0.5) is 11.4 Å². The standard InChI is InChI=1S/C16H20BrN3O/c1-10-5-6-20(9-15(10)21-2)14-4-3-13(18)12-7-11(17)8-19-16(12)14/h3-4,7-8,10,15H,5-6,9,18H2,1-2H3. The lowest BCUT2D eigenvalue weighted by atomic mass is 9.95. The van der Waals surface area contributed by atoms with Crippen molar-refractivity contribution in [2.24, 2.45) is 5.92 Å². The van der Waals surface area contributed by atoms with Gasteiger partial charge < -0.3 is 15.4 Å². The molecule has 21 heavy (non-hydrogen) atoms. The first-order valence-corrected chi connectivity index (χ1v) is 8.01. The van der Waals surface area contributed by atoms with Crippen molar-refractivity contribution in [3.63, 3.8) is 0 Å². The molecule has 0 saturated carbocycles. The summed E-state index contributed by atoms with van der Waals surface area (Å²) in [7, 11) is 1.79. The number of hydrogen-bond donors (Lipinski definition) is 1. The maximum Gasteiger partial charge on any atom is 0.0956 e. The largest absolute Gasteiger partial charge is 0.398 e. The number of nitrogens with zero attached hydrogens (tertiary/aromatic N) is 2. The van der Waals surface area contributed by atoms with Gasteiger partial charge in [0.2, 0.25) is 0 Å². The Hall–Kier alpha value is -1.33. The maximum absolute atomic E-state index is 6.10. The number of piperidine rings is 1. The first kappa shape index (κ1) is 14.6. The zero-order chi connectivity index (χ0) is 15.0. The molecule has 3 rings (SSSR count). The molecule has 1 aromatic carbocycles. The molecule has 1 saturated heterocycles. The molecule has 0 aliphatic carbocycles. The van der Waals surface area contributed by atoms with Crippen molar-refractivity contribution in [2.45, 2.75) is 19.4 Å². The molecule has 5 heteroatoms. The molecular formula is C16H20BrN3O. The molecule has 0 bridgehead atoms. The molecule has 2 heterocycles.